The van der Waals surface area contributed by atoms with Crippen molar-refractivity contribution >= 4 is 11.5 Å². The van der Waals surface area contributed by atoms with Gasteiger partial charge < -0.3 is 9.47 Å². The molecular formula is C25H20O3. The van der Waals surface area contributed by atoms with Crippen molar-refractivity contribution in [2.24, 2.45) is 0 Å². The molecule has 3 heteroatoms. The van der Waals surface area contributed by atoms with E-state index >= 15 is 0 Å². The number of rotatable bonds is 3. The minimum Gasteiger partial charge on any atom is -0.451 e. The van der Waals surface area contributed by atoms with Gasteiger partial charge in [0.05, 0.1) is 12.2 Å². The van der Waals surface area contributed by atoms with Crippen LogP contribution in [0.5, 0.6) is 0 Å². The Kier molecular flexibility index (Phi) is 4.30. The highest BCUT2D eigenvalue weighted by Gasteiger charge is 2.47. The molecule has 0 aromatic heterocycles. The SMILES string of the molecule is O=C1O[C@@H]2C(=C1c1ccccc1)[C@@H](c1ccccc1)CO[C@@H]2c1ccccc1. The van der Waals surface area contributed by atoms with Gasteiger partial charge in [-0.1, -0.05) is 91.0 Å². The average molecular weight is 368 g/mol. The van der Waals surface area contributed by atoms with Gasteiger partial charge in [0.25, 0.3) is 0 Å². The predicted octanol–water partition coefficient (Wildman–Crippen LogP) is 4.92. The van der Waals surface area contributed by atoms with Gasteiger partial charge >= 0.3 is 5.97 Å². The van der Waals surface area contributed by atoms with E-state index in [1.54, 1.807) is 0 Å². The van der Waals surface area contributed by atoms with Crippen molar-refractivity contribution in [3.63, 3.8) is 0 Å². The lowest BCUT2D eigenvalue weighted by molar-refractivity contribution is -0.147. The molecule has 0 aliphatic carbocycles. The Morgan fingerprint density at radius 1 is 0.679 bits per heavy atom. The van der Waals surface area contributed by atoms with Gasteiger partial charge in [-0.25, -0.2) is 4.79 Å². The van der Waals surface area contributed by atoms with Gasteiger partial charge in [-0.05, 0) is 22.3 Å². The minimum atomic E-state index is -0.413. The molecular weight excluding hydrogens is 348 g/mol. The number of fused-ring (bicyclic) bond motifs is 1. The summed E-state index contributed by atoms with van der Waals surface area (Å²) in [6, 6.07) is 30.0. The summed E-state index contributed by atoms with van der Waals surface area (Å²) >= 11 is 0. The Hall–Kier alpha value is -3.17. The predicted molar refractivity (Wildman–Crippen MR) is 108 cm³/mol. The smallest absolute Gasteiger partial charge is 0.339 e. The molecule has 0 unspecified atom stereocenters. The summed E-state index contributed by atoms with van der Waals surface area (Å²) in [4.78, 5) is 13.0. The number of ether oxygens (including phenoxy) is 2. The van der Waals surface area contributed by atoms with E-state index in [0.717, 1.165) is 22.3 Å². The molecule has 2 aliphatic heterocycles. The van der Waals surface area contributed by atoms with Crippen LogP contribution in [-0.2, 0) is 14.3 Å². The molecule has 3 atom stereocenters. The molecule has 0 bridgehead atoms. The summed E-state index contributed by atoms with van der Waals surface area (Å²) in [5.41, 5.74) is 4.78. The van der Waals surface area contributed by atoms with Crippen LogP contribution in [0.1, 0.15) is 28.7 Å². The van der Waals surface area contributed by atoms with Gasteiger partial charge in [-0.15, -0.1) is 0 Å². The highest BCUT2D eigenvalue weighted by atomic mass is 16.6. The zero-order chi connectivity index (χ0) is 18.9. The number of hydrogen-bond acceptors (Lipinski definition) is 3. The summed E-state index contributed by atoms with van der Waals surface area (Å²) in [5, 5.41) is 0. The summed E-state index contributed by atoms with van der Waals surface area (Å²) in [6.07, 6.45) is -0.703. The fourth-order valence-corrected chi connectivity index (χ4v) is 4.24. The monoisotopic (exact) mass is 368 g/mol. The molecule has 5 rings (SSSR count). The van der Waals surface area contributed by atoms with Crippen molar-refractivity contribution in [2.45, 2.75) is 18.1 Å². The molecule has 138 valence electrons. The second kappa shape index (κ2) is 7.10. The molecule has 3 nitrogen and oxygen atoms in total. The molecule has 0 saturated carbocycles. The van der Waals surface area contributed by atoms with Crippen molar-refractivity contribution in [1.82, 2.24) is 0 Å². The maximum atomic E-state index is 13.0. The summed E-state index contributed by atoms with van der Waals surface area (Å²) < 4.78 is 12.2. The van der Waals surface area contributed by atoms with Crippen LogP contribution in [0.15, 0.2) is 96.6 Å². The van der Waals surface area contributed by atoms with Crippen LogP contribution < -0.4 is 0 Å². The molecule has 0 spiro atoms. The second-order valence-electron chi connectivity index (χ2n) is 7.15. The van der Waals surface area contributed by atoms with E-state index < -0.39 is 6.10 Å². The quantitative estimate of drug-likeness (QED) is 0.616. The second-order valence-corrected chi connectivity index (χ2v) is 7.15. The van der Waals surface area contributed by atoms with Gasteiger partial charge in [0.15, 0.2) is 6.10 Å². The third-order valence-electron chi connectivity index (χ3n) is 5.52. The highest BCUT2D eigenvalue weighted by Crippen LogP contribution is 2.48. The Labute approximate surface area is 164 Å². The Morgan fingerprint density at radius 3 is 1.89 bits per heavy atom. The Balaban J connectivity index is 1.67. The maximum absolute atomic E-state index is 13.0. The molecule has 3 aromatic rings. The molecule has 0 N–H and O–H groups in total. The maximum Gasteiger partial charge on any atom is 0.339 e. The Morgan fingerprint density at radius 2 is 1.25 bits per heavy atom. The van der Waals surface area contributed by atoms with E-state index in [2.05, 4.69) is 12.1 Å². The van der Waals surface area contributed by atoms with E-state index in [9.17, 15) is 4.79 Å². The van der Waals surface area contributed by atoms with Crippen LogP contribution >= 0.6 is 0 Å². The van der Waals surface area contributed by atoms with Crippen LogP contribution in [0.2, 0.25) is 0 Å². The molecule has 3 aromatic carbocycles. The van der Waals surface area contributed by atoms with E-state index in [1.807, 2.05) is 78.9 Å². The fourth-order valence-electron chi connectivity index (χ4n) is 4.24. The molecule has 1 saturated heterocycles. The molecule has 1 fully saturated rings. The highest BCUT2D eigenvalue weighted by molar-refractivity contribution is 6.20. The average Bonchev–Trinajstić information content (AvgIpc) is 3.11. The third kappa shape index (κ3) is 2.85. The molecule has 28 heavy (non-hydrogen) atoms. The largest absolute Gasteiger partial charge is 0.451 e. The first-order chi connectivity index (χ1) is 13.8. The van der Waals surface area contributed by atoms with E-state index in [-0.39, 0.29) is 18.0 Å². The van der Waals surface area contributed by atoms with Crippen LogP contribution in [-0.4, -0.2) is 18.7 Å². The summed E-state index contributed by atoms with van der Waals surface area (Å²) in [6.45, 7) is 0.516. The molecule has 0 radical (unpaired) electrons. The molecule has 0 amide bonds. The first kappa shape index (κ1) is 17.0. The van der Waals surface area contributed by atoms with Crippen molar-refractivity contribution in [3.8, 4) is 0 Å². The number of esters is 1. The number of carbonyl (C=O) groups is 1. The lowest BCUT2D eigenvalue weighted by Gasteiger charge is -2.35. The zero-order valence-corrected chi connectivity index (χ0v) is 15.3. The lowest BCUT2D eigenvalue weighted by atomic mass is 9.80. The molecule has 2 aliphatic rings. The van der Waals surface area contributed by atoms with Crippen LogP contribution in [0.3, 0.4) is 0 Å². The Bertz CT molecular complexity index is 1010. The lowest BCUT2D eigenvalue weighted by Crippen LogP contribution is -2.34. The van der Waals surface area contributed by atoms with E-state index in [1.165, 1.54) is 0 Å². The first-order valence-corrected chi connectivity index (χ1v) is 9.55. The van der Waals surface area contributed by atoms with Gasteiger partial charge in [-0.3, -0.25) is 0 Å². The zero-order valence-electron chi connectivity index (χ0n) is 15.3. The topological polar surface area (TPSA) is 35.5 Å². The third-order valence-corrected chi connectivity index (χ3v) is 5.52. The fraction of sp³-hybridized carbons (Fsp3) is 0.160. The van der Waals surface area contributed by atoms with Crippen molar-refractivity contribution in [1.29, 1.82) is 0 Å². The van der Waals surface area contributed by atoms with Crippen LogP contribution in [0.4, 0.5) is 0 Å². The van der Waals surface area contributed by atoms with E-state index in [0.29, 0.717) is 12.2 Å². The van der Waals surface area contributed by atoms with Crippen LogP contribution in [0.25, 0.3) is 5.57 Å². The summed E-state index contributed by atoms with van der Waals surface area (Å²) in [7, 11) is 0. The normalized spacial score (nSPS) is 24.0. The molecule has 2 heterocycles. The van der Waals surface area contributed by atoms with E-state index in [4.69, 9.17) is 9.47 Å². The number of benzene rings is 3. The standard InChI is InChI=1S/C25H20O3/c26-25-21(18-12-6-2-7-13-18)22-20(17-10-4-1-5-11-17)16-27-23(24(22)28-25)19-14-8-3-9-15-19/h1-15,20,23-24H,16H2/t20-,23-,24-/m1/s1. The van der Waals surface area contributed by atoms with Crippen molar-refractivity contribution in [3.05, 3.63) is 113 Å². The van der Waals surface area contributed by atoms with Gasteiger partial charge in [0.1, 0.15) is 6.10 Å². The van der Waals surface area contributed by atoms with Gasteiger partial charge in [0, 0.05) is 5.92 Å². The minimum absolute atomic E-state index is 0.00665. The van der Waals surface area contributed by atoms with Crippen molar-refractivity contribution < 1.29 is 14.3 Å². The van der Waals surface area contributed by atoms with Gasteiger partial charge in [0.2, 0.25) is 0 Å². The summed E-state index contributed by atoms with van der Waals surface area (Å²) in [5.74, 6) is -0.272. The number of carbonyl (C=O) groups excluding carboxylic acids is 1. The van der Waals surface area contributed by atoms with Crippen LogP contribution in [0, 0.1) is 0 Å². The number of hydrogen-bond donors (Lipinski definition) is 0. The van der Waals surface area contributed by atoms with Gasteiger partial charge in [-0.2, -0.15) is 0 Å². The van der Waals surface area contributed by atoms with Crippen molar-refractivity contribution in [2.75, 3.05) is 6.61 Å². The first-order valence-electron chi connectivity index (χ1n) is 9.55.